The van der Waals surface area contributed by atoms with Gasteiger partial charge in [-0.05, 0) is 76.4 Å². The molecule has 2 heterocycles. The van der Waals surface area contributed by atoms with E-state index in [4.69, 9.17) is 4.74 Å². The van der Waals surface area contributed by atoms with Crippen molar-refractivity contribution in [2.45, 2.75) is 61.3 Å². The second-order valence-corrected chi connectivity index (χ2v) is 8.57. The Hall–Kier alpha value is -2.47. The van der Waals surface area contributed by atoms with Gasteiger partial charge in [-0.25, -0.2) is 0 Å². The van der Waals surface area contributed by atoms with Crippen molar-refractivity contribution in [3.8, 4) is 0 Å². The smallest absolute Gasteiger partial charge is 0.123 e. The number of allylic oxidation sites excluding steroid dienone is 4. The highest BCUT2D eigenvalue weighted by molar-refractivity contribution is 6.00. The maximum atomic E-state index is 5.79. The van der Waals surface area contributed by atoms with Gasteiger partial charge in [-0.15, -0.1) is 0 Å². The number of ether oxygens (including phenoxy) is 1. The lowest BCUT2D eigenvalue weighted by Crippen LogP contribution is -2.49. The minimum absolute atomic E-state index is 0.526. The first-order valence-corrected chi connectivity index (χ1v) is 11.7. The lowest BCUT2D eigenvalue weighted by molar-refractivity contribution is 0.150. The van der Waals surface area contributed by atoms with Gasteiger partial charge in [0.05, 0.1) is 24.2 Å². The van der Waals surface area contributed by atoms with Crippen molar-refractivity contribution in [1.29, 1.82) is 0 Å². The van der Waals surface area contributed by atoms with Gasteiger partial charge in [-0.3, -0.25) is 4.68 Å². The average Bonchev–Trinajstić information content (AvgIpc) is 3.04. The van der Waals surface area contributed by atoms with Crippen LogP contribution in [0, 0.1) is 12.8 Å². The third-order valence-corrected chi connectivity index (χ3v) is 6.28. The lowest BCUT2D eigenvalue weighted by atomic mass is 9.96. The number of hydrogen-bond acceptors (Lipinski definition) is 5. The van der Waals surface area contributed by atoms with Gasteiger partial charge in [0, 0.05) is 37.3 Å². The topological polar surface area (TPSA) is 55.0 Å². The van der Waals surface area contributed by atoms with Crippen LogP contribution in [0.1, 0.15) is 65.8 Å². The van der Waals surface area contributed by atoms with E-state index in [9.17, 15) is 0 Å². The van der Waals surface area contributed by atoms with E-state index in [1.54, 1.807) is 7.11 Å². The Labute approximate surface area is 194 Å². The fourth-order valence-corrected chi connectivity index (χ4v) is 3.92. The molecule has 0 atom stereocenters. The highest BCUT2D eigenvalue weighted by Gasteiger charge is 2.27. The fraction of sp³-hybridized carbons (Fsp3) is 0.577. The summed E-state index contributed by atoms with van der Waals surface area (Å²) < 4.78 is 7.70. The van der Waals surface area contributed by atoms with Crippen LogP contribution in [-0.2, 0) is 11.8 Å². The van der Waals surface area contributed by atoms with Crippen molar-refractivity contribution in [2.24, 2.45) is 23.2 Å². The Morgan fingerprint density at radius 3 is 2.34 bits per heavy atom. The lowest BCUT2D eigenvalue weighted by Gasteiger charge is -2.38. The normalized spacial score (nSPS) is 18.0. The molecule has 0 radical (unpaired) electrons. The summed E-state index contributed by atoms with van der Waals surface area (Å²) in [4.78, 5) is 2.42. The van der Waals surface area contributed by atoms with Crippen LogP contribution in [0.5, 0.6) is 0 Å². The average molecular weight is 440 g/mol. The standard InChI is InChI=1S/C26H41N5O/c1-10-22(18(4)13-24-14-19(5)29-30(24)8)15-26(32-9)20(6)25(11-2)28-27-21(7)23-16-31(12-3)17-23/h13-15,23H,10-12,16-17H2,1-9H3/b18-13+,22-15+,26-20-,27-21+,28-25+. The van der Waals surface area contributed by atoms with Crippen LogP contribution in [-0.4, -0.2) is 52.8 Å². The summed E-state index contributed by atoms with van der Waals surface area (Å²) in [6.07, 6.45) is 6.03. The third kappa shape index (κ3) is 6.52. The minimum atomic E-state index is 0.526. The molecule has 1 aliphatic rings. The molecule has 6 heteroatoms. The van der Waals surface area contributed by atoms with Crippen LogP contribution < -0.4 is 0 Å². The molecule has 0 bridgehead atoms. The third-order valence-electron chi connectivity index (χ3n) is 6.28. The van der Waals surface area contributed by atoms with Gasteiger partial charge in [-0.2, -0.15) is 15.3 Å². The van der Waals surface area contributed by atoms with E-state index in [2.05, 4.69) is 80.0 Å². The first-order chi connectivity index (χ1) is 15.2. The summed E-state index contributed by atoms with van der Waals surface area (Å²) in [7, 11) is 3.70. The molecule has 0 aromatic carbocycles. The molecular formula is C26H41N5O. The molecule has 1 aromatic heterocycles. The van der Waals surface area contributed by atoms with Crippen LogP contribution in [0.4, 0.5) is 0 Å². The number of hydrogen-bond donors (Lipinski definition) is 0. The van der Waals surface area contributed by atoms with Gasteiger partial charge < -0.3 is 9.64 Å². The maximum Gasteiger partial charge on any atom is 0.123 e. The first kappa shape index (κ1) is 25.8. The molecule has 1 saturated heterocycles. The molecule has 1 aromatic rings. The van der Waals surface area contributed by atoms with Crippen LogP contribution in [0.15, 0.2) is 44.8 Å². The van der Waals surface area contributed by atoms with E-state index in [1.807, 2.05) is 18.7 Å². The SMILES string of the molecule is CCC(=C\C(OC)=C(C)\C(CC)=N\N=C(/C)C1CN(CC)C1)/C(C)=C/c1cc(C)nn1C. The molecule has 6 nitrogen and oxygen atoms in total. The van der Waals surface area contributed by atoms with Gasteiger partial charge in [0.25, 0.3) is 0 Å². The number of aryl methyl sites for hydroxylation is 2. The maximum absolute atomic E-state index is 5.79. The Balaban J connectivity index is 2.31. The minimum Gasteiger partial charge on any atom is -0.496 e. The molecule has 0 N–H and O–H groups in total. The van der Waals surface area contributed by atoms with Crippen molar-refractivity contribution in [3.05, 3.63) is 46.0 Å². The number of nitrogens with zero attached hydrogens (tertiary/aromatic N) is 5. The molecule has 0 spiro atoms. The summed E-state index contributed by atoms with van der Waals surface area (Å²) >= 11 is 0. The Kier molecular flexibility index (Phi) is 9.63. The molecule has 1 fully saturated rings. The molecule has 1 aliphatic heterocycles. The summed E-state index contributed by atoms with van der Waals surface area (Å²) in [5.74, 6) is 1.36. The Morgan fingerprint density at radius 2 is 1.84 bits per heavy atom. The van der Waals surface area contributed by atoms with E-state index < -0.39 is 0 Å². The van der Waals surface area contributed by atoms with Crippen molar-refractivity contribution in [1.82, 2.24) is 14.7 Å². The van der Waals surface area contributed by atoms with Crippen LogP contribution in [0.2, 0.25) is 0 Å². The van der Waals surface area contributed by atoms with Crippen molar-refractivity contribution >= 4 is 17.5 Å². The van der Waals surface area contributed by atoms with Crippen LogP contribution in [0.25, 0.3) is 6.08 Å². The van der Waals surface area contributed by atoms with Crippen molar-refractivity contribution in [3.63, 3.8) is 0 Å². The summed E-state index contributed by atoms with van der Waals surface area (Å²) in [5.41, 5.74) is 7.65. The zero-order valence-corrected chi connectivity index (χ0v) is 21.5. The largest absolute Gasteiger partial charge is 0.496 e. The molecule has 0 amide bonds. The van der Waals surface area contributed by atoms with Crippen molar-refractivity contribution in [2.75, 3.05) is 26.7 Å². The number of rotatable bonds is 10. The number of aromatic nitrogens is 2. The predicted molar refractivity (Wildman–Crippen MR) is 136 cm³/mol. The van der Waals surface area contributed by atoms with Gasteiger partial charge in [0.15, 0.2) is 0 Å². The summed E-state index contributed by atoms with van der Waals surface area (Å²) in [5, 5.41) is 13.6. The van der Waals surface area contributed by atoms with Crippen LogP contribution in [0.3, 0.4) is 0 Å². The van der Waals surface area contributed by atoms with Gasteiger partial charge in [-0.1, -0.05) is 20.8 Å². The van der Waals surface area contributed by atoms with Crippen LogP contribution >= 0.6 is 0 Å². The molecule has 0 unspecified atom stereocenters. The van der Waals surface area contributed by atoms with E-state index >= 15 is 0 Å². The predicted octanol–water partition coefficient (Wildman–Crippen LogP) is 5.57. The highest BCUT2D eigenvalue weighted by Crippen LogP contribution is 2.22. The van der Waals surface area contributed by atoms with Gasteiger partial charge in [0.2, 0.25) is 0 Å². The van der Waals surface area contributed by atoms with E-state index in [-0.39, 0.29) is 0 Å². The second-order valence-electron chi connectivity index (χ2n) is 8.57. The van der Waals surface area contributed by atoms with Gasteiger partial charge >= 0.3 is 0 Å². The number of methoxy groups -OCH3 is 1. The number of likely N-dealkylation sites (tertiary alicyclic amines) is 1. The summed E-state index contributed by atoms with van der Waals surface area (Å²) in [6, 6.07) is 2.10. The van der Waals surface area contributed by atoms with E-state index in [0.717, 1.165) is 66.6 Å². The fourth-order valence-electron chi connectivity index (χ4n) is 3.92. The Morgan fingerprint density at radius 1 is 1.16 bits per heavy atom. The quantitative estimate of drug-likeness (QED) is 0.207. The van der Waals surface area contributed by atoms with Gasteiger partial charge in [0.1, 0.15) is 5.76 Å². The van der Waals surface area contributed by atoms with E-state index in [1.165, 1.54) is 11.1 Å². The first-order valence-electron chi connectivity index (χ1n) is 11.7. The molecule has 32 heavy (non-hydrogen) atoms. The van der Waals surface area contributed by atoms with Crippen molar-refractivity contribution < 1.29 is 4.74 Å². The Bertz CT molecular complexity index is 939. The second kappa shape index (κ2) is 12.0. The van der Waals surface area contributed by atoms with E-state index in [0.29, 0.717) is 5.92 Å². The molecule has 176 valence electrons. The zero-order chi connectivity index (χ0) is 23.8. The molecule has 0 saturated carbocycles. The molecular weight excluding hydrogens is 398 g/mol. The summed E-state index contributed by atoms with van der Waals surface area (Å²) in [6.45, 7) is 18.1. The zero-order valence-electron chi connectivity index (χ0n) is 21.5. The highest BCUT2D eigenvalue weighted by atomic mass is 16.5. The monoisotopic (exact) mass is 439 g/mol. The molecule has 0 aliphatic carbocycles. The molecule has 2 rings (SSSR count).